The van der Waals surface area contributed by atoms with Gasteiger partial charge in [0.1, 0.15) is 5.75 Å². The highest BCUT2D eigenvalue weighted by atomic mass is 32.2. The number of sulfonamides is 1. The van der Waals surface area contributed by atoms with Crippen molar-refractivity contribution in [2.24, 2.45) is 0 Å². The minimum absolute atomic E-state index is 0.0625. The molecule has 0 bridgehead atoms. The Morgan fingerprint density at radius 3 is 2.31 bits per heavy atom. The molecule has 35 heavy (non-hydrogen) atoms. The molecule has 0 N–H and O–H groups in total. The van der Waals surface area contributed by atoms with Crippen LogP contribution in [0.15, 0.2) is 77.7 Å². The number of nitrogens with zero attached hydrogens (tertiary/aromatic N) is 3. The second-order valence-electron chi connectivity index (χ2n) is 8.68. The predicted octanol–water partition coefficient (Wildman–Crippen LogP) is 4.39. The molecule has 0 atom stereocenters. The van der Waals surface area contributed by atoms with Crippen molar-refractivity contribution >= 4 is 27.3 Å². The van der Waals surface area contributed by atoms with Gasteiger partial charge >= 0.3 is 0 Å². The lowest BCUT2D eigenvalue weighted by Gasteiger charge is -2.25. The van der Waals surface area contributed by atoms with Gasteiger partial charge in [-0.15, -0.1) is 0 Å². The molecule has 0 spiro atoms. The molecule has 1 saturated heterocycles. The molecule has 1 fully saturated rings. The van der Waals surface area contributed by atoms with Gasteiger partial charge in [0.2, 0.25) is 0 Å². The maximum Gasteiger partial charge on any atom is 0.264 e. The Kier molecular flexibility index (Phi) is 7.31. The van der Waals surface area contributed by atoms with Crippen LogP contribution in [0.4, 0.5) is 11.4 Å². The molecule has 3 aromatic rings. The van der Waals surface area contributed by atoms with Gasteiger partial charge in [0.05, 0.1) is 17.7 Å². The number of hydrogen-bond acceptors (Lipinski definition) is 5. The standard InChI is InChI=1S/C27H31N3O4S/c1-28(20-22-9-4-5-12-26(22)30-17-6-7-18-30)27(31)21-10-8-11-25(19-21)35(32,33)29(2)23-13-15-24(34-3)16-14-23/h4-5,8-16,19H,6-7,17-18,20H2,1-3H3. The Balaban J connectivity index is 1.53. The number of benzene rings is 3. The number of carbonyl (C=O) groups excluding carboxylic acids is 1. The lowest BCUT2D eigenvalue weighted by molar-refractivity contribution is 0.0785. The molecule has 4 rings (SSSR count). The van der Waals surface area contributed by atoms with Gasteiger partial charge in [-0.2, -0.15) is 0 Å². The normalized spacial score (nSPS) is 13.5. The largest absolute Gasteiger partial charge is 0.497 e. The van der Waals surface area contributed by atoms with E-state index in [1.165, 1.54) is 36.3 Å². The van der Waals surface area contributed by atoms with Crippen molar-refractivity contribution in [1.82, 2.24) is 4.90 Å². The highest BCUT2D eigenvalue weighted by molar-refractivity contribution is 7.92. The van der Waals surface area contributed by atoms with Gasteiger partial charge in [-0.3, -0.25) is 9.10 Å². The zero-order valence-electron chi connectivity index (χ0n) is 20.3. The van der Waals surface area contributed by atoms with Crippen molar-refractivity contribution in [3.8, 4) is 5.75 Å². The maximum absolute atomic E-state index is 13.3. The van der Waals surface area contributed by atoms with Crippen LogP contribution < -0.4 is 13.9 Å². The number of amides is 1. The number of carbonyl (C=O) groups is 1. The fraction of sp³-hybridized carbons (Fsp3) is 0.296. The first kappa shape index (κ1) is 24.6. The number of anilines is 2. The van der Waals surface area contributed by atoms with E-state index in [-0.39, 0.29) is 10.8 Å². The lowest BCUT2D eigenvalue weighted by Crippen LogP contribution is -2.29. The Bertz CT molecular complexity index is 1290. The molecule has 0 saturated carbocycles. The van der Waals surface area contributed by atoms with Crippen molar-refractivity contribution in [2.75, 3.05) is 43.5 Å². The van der Waals surface area contributed by atoms with Crippen LogP contribution in [0, 0.1) is 0 Å². The van der Waals surface area contributed by atoms with Crippen LogP contribution in [-0.4, -0.2) is 53.5 Å². The summed E-state index contributed by atoms with van der Waals surface area (Å²) >= 11 is 0. The van der Waals surface area contributed by atoms with E-state index < -0.39 is 10.0 Å². The van der Waals surface area contributed by atoms with Crippen LogP contribution in [0.3, 0.4) is 0 Å². The molecule has 7 nitrogen and oxygen atoms in total. The van der Waals surface area contributed by atoms with Crippen molar-refractivity contribution in [3.05, 3.63) is 83.9 Å². The van der Waals surface area contributed by atoms with E-state index in [9.17, 15) is 13.2 Å². The molecule has 1 aliphatic heterocycles. The lowest BCUT2D eigenvalue weighted by atomic mass is 10.1. The monoisotopic (exact) mass is 493 g/mol. The van der Waals surface area contributed by atoms with Gasteiger partial charge in [0.15, 0.2) is 0 Å². The summed E-state index contributed by atoms with van der Waals surface area (Å²) in [4.78, 5) is 17.3. The van der Waals surface area contributed by atoms with Gasteiger partial charge in [-0.25, -0.2) is 8.42 Å². The summed E-state index contributed by atoms with van der Waals surface area (Å²) in [6, 6.07) is 21.1. The third-order valence-electron chi connectivity index (χ3n) is 6.37. The minimum Gasteiger partial charge on any atom is -0.497 e. The third-order valence-corrected chi connectivity index (χ3v) is 8.15. The van der Waals surface area contributed by atoms with Gasteiger partial charge in [-0.1, -0.05) is 24.3 Å². The second-order valence-corrected chi connectivity index (χ2v) is 10.7. The van der Waals surface area contributed by atoms with Crippen molar-refractivity contribution in [1.29, 1.82) is 0 Å². The predicted molar refractivity (Wildman–Crippen MR) is 139 cm³/mol. The van der Waals surface area contributed by atoms with E-state index in [1.807, 2.05) is 18.2 Å². The summed E-state index contributed by atoms with van der Waals surface area (Å²) in [5, 5.41) is 0. The molecule has 0 aliphatic carbocycles. The molecule has 0 unspecified atom stereocenters. The van der Waals surface area contributed by atoms with E-state index >= 15 is 0 Å². The second kappa shape index (κ2) is 10.4. The molecule has 0 radical (unpaired) electrons. The van der Waals surface area contributed by atoms with Crippen LogP contribution in [0.2, 0.25) is 0 Å². The molecule has 1 amide bonds. The Labute approximate surface area is 207 Å². The summed E-state index contributed by atoms with van der Waals surface area (Å²) in [5.74, 6) is 0.409. The van der Waals surface area contributed by atoms with E-state index in [1.54, 1.807) is 55.5 Å². The first-order valence-corrected chi connectivity index (χ1v) is 13.1. The fourth-order valence-corrected chi connectivity index (χ4v) is 5.58. The molecule has 1 heterocycles. The average Bonchev–Trinajstić information content (AvgIpc) is 3.43. The number of hydrogen-bond donors (Lipinski definition) is 0. The number of para-hydroxylation sites is 1. The van der Waals surface area contributed by atoms with Crippen LogP contribution in [0.25, 0.3) is 0 Å². The molecule has 1 aliphatic rings. The topological polar surface area (TPSA) is 70.2 Å². The van der Waals surface area contributed by atoms with Crippen LogP contribution in [0.1, 0.15) is 28.8 Å². The van der Waals surface area contributed by atoms with Crippen molar-refractivity contribution < 1.29 is 17.9 Å². The molecular formula is C27H31N3O4S. The SMILES string of the molecule is COc1ccc(N(C)S(=O)(=O)c2cccc(C(=O)N(C)Cc3ccccc3N3CCCC3)c2)cc1. The Hall–Kier alpha value is -3.52. The molecule has 0 aromatic heterocycles. The fourth-order valence-electron chi connectivity index (χ4n) is 4.34. The zero-order chi connectivity index (χ0) is 25.0. The van der Waals surface area contributed by atoms with Crippen LogP contribution in [-0.2, 0) is 16.6 Å². The first-order valence-electron chi connectivity index (χ1n) is 11.6. The van der Waals surface area contributed by atoms with E-state index in [4.69, 9.17) is 4.74 Å². The number of ether oxygens (including phenoxy) is 1. The zero-order valence-corrected chi connectivity index (χ0v) is 21.2. The molecular weight excluding hydrogens is 462 g/mol. The summed E-state index contributed by atoms with van der Waals surface area (Å²) < 4.78 is 32.9. The molecule has 8 heteroatoms. The number of rotatable bonds is 8. The van der Waals surface area contributed by atoms with Gasteiger partial charge < -0.3 is 14.5 Å². The highest BCUT2D eigenvalue weighted by Gasteiger charge is 2.24. The smallest absolute Gasteiger partial charge is 0.264 e. The Morgan fingerprint density at radius 1 is 0.943 bits per heavy atom. The average molecular weight is 494 g/mol. The van der Waals surface area contributed by atoms with Gasteiger partial charge in [0, 0.05) is 45.0 Å². The van der Waals surface area contributed by atoms with Crippen molar-refractivity contribution in [2.45, 2.75) is 24.3 Å². The van der Waals surface area contributed by atoms with E-state index in [0.717, 1.165) is 24.3 Å². The Morgan fingerprint density at radius 2 is 1.63 bits per heavy atom. The summed E-state index contributed by atoms with van der Waals surface area (Å²) in [6.45, 7) is 2.49. The minimum atomic E-state index is -3.85. The van der Waals surface area contributed by atoms with E-state index in [0.29, 0.717) is 23.5 Å². The van der Waals surface area contributed by atoms with E-state index in [2.05, 4.69) is 11.0 Å². The molecule has 184 valence electrons. The van der Waals surface area contributed by atoms with Crippen LogP contribution in [0.5, 0.6) is 5.75 Å². The van der Waals surface area contributed by atoms with Crippen LogP contribution >= 0.6 is 0 Å². The highest BCUT2D eigenvalue weighted by Crippen LogP contribution is 2.27. The quantitative estimate of drug-likeness (QED) is 0.465. The third kappa shape index (κ3) is 5.27. The molecule has 3 aromatic carbocycles. The maximum atomic E-state index is 13.3. The van der Waals surface area contributed by atoms with Gasteiger partial charge in [0.25, 0.3) is 15.9 Å². The summed E-state index contributed by atoms with van der Waals surface area (Å²) in [6.07, 6.45) is 2.35. The first-order chi connectivity index (χ1) is 16.8. The van der Waals surface area contributed by atoms with Gasteiger partial charge in [-0.05, 0) is 66.9 Å². The summed E-state index contributed by atoms with van der Waals surface area (Å²) in [7, 11) is 0.938. The van der Waals surface area contributed by atoms with Crippen molar-refractivity contribution in [3.63, 3.8) is 0 Å². The number of methoxy groups -OCH3 is 1. The summed E-state index contributed by atoms with van der Waals surface area (Å²) in [5.41, 5.74) is 3.06.